The van der Waals surface area contributed by atoms with Crippen LogP contribution >= 0.6 is 22.6 Å². The molecular formula is C4H7F3INO3S. The average molecular weight is 333 g/mol. The van der Waals surface area contributed by atoms with Gasteiger partial charge in [-0.1, -0.05) is 22.6 Å². The molecule has 0 aliphatic heterocycles. The lowest BCUT2D eigenvalue weighted by atomic mass is 10.7. The fraction of sp³-hybridized carbons (Fsp3) is 1.00. The van der Waals surface area contributed by atoms with Gasteiger partial charge >= 0.3 is 15.5 Å². The molecule has 9 heteroatoms. The van der Waals surface area contributed by atoms with Gasteiger partial charge in [-0.05, 0) is 0 Å². The minimum absolute atomic E-state index is 0.0851. The number of rotatable bonds is 5. The first kappa shape index (κ1) is 13.4. The van der Waals surface area contributed by atoms with Gasteiger partial charge in [0.2, 0.25) is 0 Å². The van der Waals surface area contributed by atoms with Crippen molar-refractivity contribution >= 4 is 32.6 Å². The Balaban J connectivity index is 3.92. The molecule has 0 saturated heterocycles. The topological polar surface area (TPSA) is 55.4 Å². The van der Waals surface area contributed by atoms with Crippen LogP contribution in [-0.2, 0) is 14.8 Å². The van der Waals surface area contributed by atoms with Crippen molar-refractivity contribution in [2.75, 3.05) is 17.8 Å². The average Bonchev–Trinajstić information content (AvgIpc) is 1.96. The Morgan fingerprint density at radius 1 is 1.38 bits per heavy atom. The molecule has 0 aliphatic carbocycles. The van der Waals surface area contributed by atoms with Crippen LogP contribution in [0, 0.1) is 0 Å². The van der Waals surface area contributed by atoms with Crippen molar-refractivity contribution in [2.24, 2.45) is 0 Å². The molecule has 80 valence electrons. The van der Waals surface area contributed by atoms with Crippen LogP contribution in [0.15, 0.2) is 0 Å². The molecule has 0 atom stereocenters. The molecule has 0 unspecified atom stereocenters. The summed E-state index contributed by atoms with van der Waals surface area (Å²) in [6, 6.07) is 0. The van der Waals surface area contributed by atoms with E-state index in [1.165, 1.54) is 4.72 Å². The van der Waals surface area contributed by atoms with E-state index in [1.807, 2.05) is 22.6 Å². The van der Waals surface area contributed by atoms with Gasteiger partial charge in [0.1, 0.15) is 0 Å². The highest BCUT2D eigenvalue weighted by Crippen LogP contribution is 2.21. The van der Waals surface area contributed by atoms with Crippen molar-refractivity contribution < 1.29 is 26.3 Å². The number of hydrogen-bond donors (Lipinski definition) is 1. The Hall–Kier alpha value is 0.390. The van der Waals surface area contributed by atoms with Gasteiger partial charge in [-0.2, -0.15) is 13.2 Å². The molecule has 0 heterocycles. The van der Waals surface area contributed by atoms with Crippen molar-refractivity contribution in [3.8, 4) is 0 Å². The van der Waals surface area contributed by atoms with E-state index in [0.717, 1.165) is 0 Å². The molecule has 0 spiro atoms. The molecule has 0 rings (SSSR count). The first-order valence-electron chi connectivity index (χ1n) is 3.01. The van der Waals surface area contributed by atoms with Crippen molar-refractivity contribution in [1.29, 1.82) is 0 Å². The van der Waals surface area contributed by atoms with Crippen LogP contribution in [0.3, 0.4) is 0 Å². The maximum absolute atomic E-state index is 11.6. The number of sulfonamides is 1. The molecule has 1 N–H and O–H groups in total. The number of halogens is 4. The van der Waals surface area contributed by atoms with Gasteiger partial charge < -0.3 is 4.74 Å². The largest absolute Gasteiger partial charge is 0.511 e. The highest BCUT2D eigenvalue weighted by atomic mass is 127. The van der Waals surface area contributed by atoms with E-state index in [2.05, 4.69) is 4.74 Å². The molecule has 13 heavy (non-hydrogen) atoms. The lowest BCUT2D eigenvalue weighted by Crippen LogP contribution is -2.38. The van der Waals surface area contributed by atoms with Crippen molar-refractivity contribution in [1.82, 2.24) is 4.72 Å². The van der Waals surface area contributed by atoms with Gasteiger partial charge in [0, 0.05) is 6.54 Å². The second-order valence-corrected chi connectivity index (χ2v) is 4.24. The lowest BCUT2D eigenvalue weighted by molar-refractivity contribution is -0.0448. The van der Waals surface area contributed by atoms with Crippen molar-refractivity contribution in [3.05, 3.63) is 0 Å². The predicted molar refractivity (Wildman–Crippen MR) is 47.8 cm³/mol. The Labute approximate surface area is 87.0 Å². The van der Waals surface area contributed by atoms with E-state index >= 15 is 0 Å². The molecule has 0 saturated carbocycles. The van der Waals surface area contributed by atoms with Crippen molar-refractivity contribution in [3.63, 3.8) is 0 Å². The van der Waals surface area contributed by atoms with Crippen LogP contribution in [0.2, 0.25) is 0 Å². The van der Waals surface area contributed by atoms with Gasteiger partial charge in [0.05, 0.1) is 11.2 Å². The van der Waals surface area contributed by atoms with E-state index in [-0.39, 0.29) is 13.2 Å². The molecular weight excluding hydrogens is 326 g/mol. The second kappa shape index (κ2) is 5.32. The Kier molecular flexibility index (Phi) is 5.47. The number of ether oxygens (including phenoxy) is 1. The van der Waals surface area contributed by atoms with Gasteiger partial charge in [0.15, 0.2) is 0 Å². The minimum Gasteiger partial charge on any atom is -0.370 e. The summed E-state index contributed by atoms with van der Waals surface area (Å²) >= 11 is 1.84. The molecule has 0 radical (unpaired) electrons. The van der Waals surface area contributed by atoms with E-state index in [4.69, 9.17) is 0 Å². The molecule has 4 nitrogen and oxygen atoms in total. The summed E-state index contributed by atoms with van der Waals surface area (Å²) in [5, 5.41) is 0. The third-order valence-corrected chi connectivity index (χ3v) is 2.55. The van der Waals surface area contributed by atoms with Crippen molar-refractivity contribution in [2.45, 2.75) is 5.51 Å². The molecule has 0 bridgehead atoms. The summed E-state index contributed by atoms with van der Waals surface area (Å²) < 4.78 is 61.9. The maximum Gasteiger partial charge on any atom is 0.511 e. The minimum atomic E-state index is -5.25. The molecule has 0 aromatic carbocycles. The Morgan fingerprint density at radius 3 is 2.31 bits per heavy atom. The first-order chi connectivity index (χ1) is 5.81. The van der Waals surface area contributed by atoms with Gasteiger partial charge in [-0.15, -0.1) is 0 Å². The van der Waals surface area contributed by atoms with Crippen LogP contribution in [0.25, 0.3) is 0 Å². The van der Waals surface area contributed by atoms with E-state index < -0.39 is 15.5 Å². The number of alkyl halides is 4. The van der Waals surface area contributed by atoms with Crippen LogP contribution in [0.5, 0.6) is 0 Å². The van der Waals surface area contributed by atoms with E-state index in [9.17, 15) is 21.6 Å². The summed E-state index contributed by atoms with van der Waals surface area (Å²) in [5.41, 5.74) is -5.25. The number of hydrogen-bond acceptors (Lipinski definition) is 3. The highest BCUT2D eigenvalue weighted by Gasteiger charge is 2.45. The molecule has 0 aliphatic rings. The molecule has 0 aromatic rings. The van der Waals surface area contributed by atoms with Crippen LogP contribution in [0.1, 0.15) is 0 Å². The summed E-state index contributed by atoms with van der Waals surface area (Å²) in [7, 11) is -5.21. The van der Waals surface area contributed by atoms with Gasteiger partial charge in [-0.3, -0.25) is 0 Å². The van der Waals surface area contributed by atoms with Crippen LogP contribution in [-0.4, -0.2) is 31.7 Å². The fourth-order valence-corrected chi connectivity index (χ4v) is 1.21. The first-order valence-corrected chi connectivity index (χ1v) is 6.02. The zero-order valence-corrected chi connectivity index (χ0v) is 9.24. The monoisotopic (exact) mass is 333 g/mol. The third kappa shape index (κ3) is 4.98. The fourth-order valence-electron chi connectivity index (χ4n) is 0.385. The van der Waals surface area contributed by atoms with Crippen LogP contribution in [0.4, 0.5) is 13.2 Å². The summed E-state index contributed by atoms with van der Waals surface area (Å²) in [6.45, 7) is -0.469. The zero-order chi connectivity index (χ0) is 10.5. The van der Waals surface area contributed by atoms with E-state index in [0.29, 0.717) is 4.61 Å². The summed E-state index contributed by atoms with van der Waals surface area (Å²) in [4.78, 5) is 0. The lowest BCUT2D eigenvalue weighted by Gasteiger charge is -2.08. The van der Waals surface area contributed by atoms with Crippen LogP contribution < -0.4 is 4.72 Å². The summed E-state index contributed by atoms with van der Waals surface area (Å²) in [6.07, 6.45) is 0. The second-order valence-electron chi connectivity index (χ2n) is 1.86. The van der Waals surface area contributed by atoms with Gasteiger partial charge in [0.25, 0.3) is 0 Å². The standard InChI is InChI=1S/C4H7F3INO3S/c5-4(6,7)13(10,11)9-1-2-12-3-8/h9H,1-3H2. The quantitative estimate of drug-likeness (QED) is 0.461. The summed E-state index contributed by atoms with van der Waals surface area (Å²) in [5.74, 6) is 0. The third-order valence-electron chi connectivity index (χ3n) is 0.920. The molecule has 0 aromatic heterocycles. The number of nitrogens with one attached hydrogen (secondary N) is 1. The van der Waals surface area contributed by atoms with E-state index in [1.54, 1.807) is 0 Å². The van der Waals surface area contributed by atoms with Gasteiger partial charge in [-0.25, -0.2) is 13.1 Å². The highest BCUT2D eigenvalue weighted by molar-refractivity contribution is 14.1. The maximum atomic E-state index is 11.6. The normalized spacial score (nSPS) is 13.2. The molecule has 0 amide bonds. The Bertz CT molecular complexity index is 240. The zero-order valence-electron chi connectivity index (χ0n) is 6.27. The SMILES string of the molecule is O=S(=O)(NCCOCI)C(F)(F)F. The Morgan fingerprint density at radius 2 is 1.92 bits per heavy atom. The predicted octanol–water partition coefficient (Wildman–Crippen LogP) is 0.835. The smallest absolute Gasteiger partial charge is 0.370 e. The molecule has 0 fully saturated rings.